The molecule has 0 saturated heterocycles. The van der Waals surface area contributed by atoms with E-state index in [1.165, 1.54) is 13.2 Å². The van der Waals surface area contributed by atoms with Gasteiger partial charge in [-0.2, -0.15) is 0 Å². The summed E-state index contributed by atoms with van der Waals surface area (Å²) in [7, 11) is -0.604. The molecule has 0 radical (unpaired) electrons. The van der Waals surface area contributed by atoms with E-state index in [1.807, 2.05) is 0 Å². The summed E-state index contributed by atoms with van der Waals surface area (Å²) < 4.78 is 49.6. The first-order chi connectivity index (χ1) is 8.33. The smallest absolute Gasteiger partial charge is 0.464 e. The van der Waals surface area contributed by atoms with Crippen molar-refractivity contribution in [2.45, 2.75) is 6.36 Å². The monoisotopic (exact) mass is 266 g/mol. The molecule has 18 heavy (non-hydrogen) atoms. The van der Waals surface area contributed by atoms with Gasteiger partial charge in [-0.25, -0.2) is 0 Å². The summed E-state index contributed by atoms with van der Waals surface area (Å²) >= 11 is 0. The molecular formula is C9H10BF3O5. The van der Waals surface area contributed by atoms with E-state index in [-0.39, 0.29) is 18.0 Å². The molecule has 0 aliphatic rings. The first-order valence-corrected chi connectivity index (χ1v) is 4.71. The van der Waals surface area contributed by atoms with Gasteiger partial charge in [0.2, 0.25) is 0 Å². The number of benzene rings is 1. The number of methoxy groups -OCH3 is 1. The molecule has 0 aliphatic carbocycles. The minimum atomic E-state index is -4.91. The third-order valence-corrected chi connectivity index (χ3v) is 1.82. The summed E-state index contributed by atoms with van der Waals surface area (Å²) in [5.41, 5.74) is -0.154. The van der Waals surface area contributed by atoms with Crippen molar-refractivity contribution in [3.05, 3.63) is 18.2 Å². The van der Waals surface area contributed by atoms with Crippen LogP contribution in [-0.2, 0) is 4.74 Å². The minimum Gasteiger partial charge on any atom is -0.464 e. The van der Waals surface area contributed by atoms with Gasteiger partial charge in [0.15, 0.2) is 18.3 Å². The summed E-state index contributed by atoms with van der Waals surface area (Å²) in [6, 6.07) is 3.14. The van der Waals surface area contributed by atoms with Gasteiger partial charge < -0.3 is 24.3 Å². The standard InChI is InChI=1S/C9H10BF3O5/c1-16-5-17-7-3-2-6(10(14)15)4-8(7)18-9(11,12)13/h2-4,14-15H,5H2,1H3. The molecule has 0 unspecified atom stereocenters. The zero-order chi connectivity index (χ0) is 13.8. The van der Waals surface area contributed by atoms with Gasteiger partial charge in [0.25, 0.3) is 0 Å². The Bertz CT molecular complexity index is 396. The lowest BCUT2D eigenvalue weighted by Gasteiger charge is -2.14. The van der Waals surface area contributed by atoms with Crippen LogP contribution in [0.25, 0.3) is 0 Å². The molecule has 0 amide bonds. The van der Waals surface area contributed by atoms with Crippen LogP contribution in [-0.4, -0.2) is 37.4 Å². The molecular weight excluding hydrogens is 256 g/mol. The molecule has 0 heterocycles. The molecule has 1 aromatic carbocycles. The maximum atomic E-state index is 12.1. The number of halogens is 3. The van der Waals surface area contributed by atoms with Crippen molar-refractivity contribution in [1.82, 2.24) is 0 Å². The third-order valence-electron chi connectivity index (χ3n) is 1.82. The zero-order valence-electron chi connectivity index (χ0n) is 9.27. The normalized spacial score (nSPS) is 11.2. The molecule has 5 nitrogen and oxygen atoms in total. The van der Waals surface area contributed by atoms with Crippen LogP contribution in [0.2, 0.25) is 0 Å². The average Bonchev–Trinajstić information content (AvgIpc) is 2.25. The van der Waals surface area contributed by atoms with Crippen molar-refractivity contribution in [2.24, 2.45) is 0 Å². The number of hydrogen-bond acceptors (Lipinski definition) is 5. The maximum absolute atomic E-state index is 12.1. The fourth-order valence-electron chi connectivity index (χ4n) is 1.13. The highest BCUT2D eigenvalue weighted by Gasteiger charge is 2.33. The van der Waals surface area contributed by atoms with Gasteiger partial charge in [-0.1, -0.05) is 6.07 Å². The quantitative estimate of drug-likeness (QED) is 0.590. The molecule has 0 aromatic heterocycles. The lowest BCUT2D eigenvalue weighted by atomic mass is 9.80. The molecule has 0 bridgehead atoms. The van der Waals surface area contributed by atoms with Crippen LogP contribution >= 0.6 is 0 Å². The molecule has 9 heteroatoms. The Hall–Kier alpha value is -1.45. The van der Waals surface area contributed by atoms with Crippen LogP contribution in [0.4, 0.5) is 13.2 Å². The fraction of sp³-hybridized carbons (Fsp3) is 0.333. The van der Waals surface area contributed by atoms with Crippen molar-refractivity contribution in [2.75, 3.05) is 13.9 Å². The SMILES string of the molecule is COCOc1ccc(B(O)O)cc1OC(F)(F)F. The first-order valence-electron chi connectivity index (χ1n) is 4.71. The maximum Gasteiger partial charge on any atom is 0.573 e. The van der Waals surface area contributed by atoms with Gasteiger partial charge in [0.1, 0.15) is 0 Å². The fourth-order valence-corrected chi connectivity index (χ4v) is 1.13. The van der Waals surface area contributed by atoms with E-state index in [0.717, 1.165) is 12.1 Å². The molecule has 0 aliphatic heterocycles. The Morgan fingerprint density at radius 2 is 1.89 bits per heavy atom. The molecule has 0 saturated carbocycles. The van der Waals surface area contributed by atoms with E-state index in [0.29, 0.717) is 0 Å². The van der Waals surface area contributed by atoms with Gasteiger partial charge in [-0.05, 0) is 17.6 Å². The largest absolute Gasteiger partial charge is 0.573 e. The summed E-state index contributed by atoms with van der Waals surface area (Å²) in [6.45, 7) is -0.269. The molecule has 0 spiro atoms. The lowest BCUT2D eigenvalue weighted by Crippen LogP contribution is -2.30. The Morgan fingerprint density at radius 1 is 1.22 bits per heavy atom. The van der Waals surface area contributed by atoms with E-state index < -0.39 is 19.2 Å². The van der Waals surface area contributed by atoms with Crippen LogP contribution in [0.3, 0.4) is 0 Å². The summed E-state index contributed by atoms with van der Waals surface area (Å²) in [6.07, 6.45) is -4.91. The average molecular weight is 266 g/mol. The highest BCUT2D eigenvalue weighted by Crippen LogP contribution is 2.31. The molecule has 100 valence electrons. The summed E-state index contributed by atoms with van der Waals surface area (Å²) in [5.74, 6) is -0.899. The predicted molar refractivity (Wildman–Crippen MR) is 55.5 cm³/mol. The number of alkyl halides is 3. The van der Waals surface area contributed by atoms with Crippen LogP contribution in [0, 0.1) is 0 Å². The molecule has 0 atom stereocenters. The second-order valence-corrected chi connectivity index (χ2v) is 3.18. The highest BCUT2D eigenvalue weighted by molar-refractivity contribution is 6.58. The predicted octanol–water partition coefficient (Wildman–Crippen LogP) is 0.248. The number of ether oxygens (including phenoxy) is 3. The second kappa shape index (κ2) is 5.94. The molecule has 2 N–H and O–H groups in total. The third kappa shape index (κ3) is 4.44. The molecule has 1 rings (SSSR count). The van der Waals surface area contributed by atoms with Crippen molar-refractivity contribution in [1.29, 1.82) is 0 Å². The number of rotatable bonds is 5. The van der Waals surface area contributed by atoms with Crippen molar-refractivity contribution in [3.8, 4) is 11.5 Å². The Labute approximate surface area is 101 Å². The van der Waals surface area contributed by atoms with Crippen LogP contribution < -0.4 is 14.9 Å². The van der Waals surface area contributed by atoms with E-state index in [4.69, 9.17) is 14.8 Å². The molecule has 1 aromatic rings. The van der Waals surface area contributed by atoms with Crippen molar-refractivity contribution < 1.29 is 37.4 Å². The van der Waals surface area contributed by atoms with Gasteiger partial charge >= 0.3 is 13.5 Å². The Kier molecular flexibility index (Phi) is 4.82. The van der Waals surface area contributed by atoms with Gasteiger partial charge in [-0.3, -0.25) is 0 Å². The lowest BCUT2D eigenvalue weighted by molar-refractivity contribution is -0.275. The Morgan fingerprint density at radius 3 is 2.39 bits per heavy atom. The van der Waals surface area contributed by atoms with Crippen molar-refractivity contribution >= 4 is 12.6 Å². The van der Waals surface area contributed by atoms with Crippen LogP contribution in [0.5, 0.6) is 11.5 Å². The van der Waals surface area contributed by atoms with E-state index in [1.54, 1.807) is 0 Å². The van der Waals surface area contributed by atoms with E-state index in [2.05, 4.69) is 9.47 Å². The van der Waals surface area contributed by atoms with Gasteiger partial charge in [0, 0.05) is 7.11 Å². The first kappa shape index (κ1) is 14.6. The van der Waals surface area contributed by atoms with Crippen LogP contribution in [0.15, 0.2) is 18.2 Å². The summed E-state index contributed by atoms with van der Waals surface area (Å²) in [5, 5.41) is 17.7. The van der Waals surface area contributed by atoms with E-state index in [9.17, 15) is 13.2 Å². The second-order valence-electron chi connectivity index (χ2n) is 3.18. The zero-order valence-corrected chi connectivity index (χ0v) is 9.27. The highest BCUT2D eigenvalue weighted by atomic mass is 19.4. The van der Waals surface area contributed by atoms with Crippen molar-refractivity contribution in [3.63, 3.8) is 0 Å². The minimum absolute atomic E-state index is 0.154. The van der Waals surface area contributed by atoms with Crippen LogP contribution in [0.1, 0.15) is 0 Å². The number of hydrogen-bond donors (Lipinski definition) is 2. The van der Waals surface area contributed by atoms with Gasteiger partial charge in [0.05, 0.1) is 0 Å². The topological polar surface area (TPSA) is 68.2 Å². The Balaban J connectivity index is 3.01. The van der Waals surface area contributed by atoms with E-state index >= 15 is 0 Å². The summed E-state index contributed by atoms with van der Waals surface area (Å²) in [4.78, 5) is 0. The molecule has 0 fully saturated rings. The van der Waals surface area contributed by atoms with Gasteiger partial charge in [-0.15, -0.1) is 13.2 Å².